The molecule has 6 aliphatic rings. The van der Waals surface area contributed by atoms with Crippen molar-refractivity contribution in [3.63, 3.8) is 0 Å². The van der Waals surface area contributed by atoms with E-state index in [1.807, 2.05) is 0 Å². The molecule has 0 amide bonds. The number of fused-ring (bicyclic) bond motifs is 3. The largest absolute Gasteiger partial charge is 0.373 e. The molecule has 0 aliphatic heterocycles. The highest BCUT2D eigenvalue weighted by molar-refractivity contribution is 7.57. The van der Waals surface area contributed by atoms with Gasteiger partial charge in [-0.2, -0.15) is 0 Å². The summed E-state index contributed by atoms with van der Waals surface area (Å²) in [6.07, 6.45) is 12.1. The first kappa shape index (κ1) is 27.5. The van der Waals surface area contributed by atoms with Crippen LogP contribution in [0.3, 0.4) is 0 Å². The Morgan fingerprint density at radius 1 is 0.486 bits per heavy atom. The van der Waals surface area contributed by atoms with Gasteiger partial charge in [-0.3, -0.25) is 0 Å². The van der Waals surface area contributed by atoms with Crippen LogP contribution in [0, 0.1) is 69.5 Å². The number of hydrogen-bond donors (Lipinski definition) is 0. The molecule has 3 nitrogen and oxygen atoms in total. The van der Waals surface area contributed by atoms with E-state index < -0.39 is 7.92 Å². The van der Waals surface area contributed by atoms with Crippen LogP contribution in [0.4, 0.5) is 0 Å². The van der Waals surface area contributed by atoms with E-state index in [1.54, 1.807) is 0 Å². The molecule has 4 heteroatoms. The Kier molecular flexibility index (Phi) is 7.00. The highest BCUT2D eigenvalue weighted by Gasteiger charge is 2.65. The molecule has 6 fully saturated rings. The molecule has 0 N–H and O–H groups in total. The second kappa shape index (κ2) is 9.42. The first-order chi connectivity index (χ1) is 17.4. The summed E-state index contributed by atoms with van der Waals surface area (Å²) in [5, 5.41) is 0. The minimum Gasteiger partial charge on any atom is -0.373 e. The van der Waals surface area contributed by atoms with E-state index in [-0.39, 0.29) is 0 Å². The maximum absolute atomic E-state index is 6.91. The average molecular weight is 533 g/mol. The lowest BCUT2D eigenvalue weighted by molar-refractivity contribution is -0.0151. The predicted molar refractivity (Wildman–Crippen MR) is 154 cm³/mol. The molecule has 0 aromatic carbocycles. The van der Waals surface area contributed by atoms with Gasteiger partial charge < -0.3 is 14.2 Å². The molecule has 0 saturated heterocycles. The molecule has 12 unspecified atom stereocenters. The van der Waals surface area contributed by atoms with Gasteiger partial charge in [0.25, 0.3) is 0 Å². The maximum Gasteiger partial charge on any atom is 0.0707 e. The summed E-state index contributed by atoms with van der Waals surface area (Å²) in [4.78, 5) is 0. The molecule has 0 aromatic heterocycles. The minimum absolute atomic E-state index is 0.430. The average Bonchev–Trinajstić information content (AvgIpc) is 3.73. The Labute approximate surface area is 229 Å². The highest BCUT2D eigenvalue weighted by atomic mass is 31.1. The van der Waals surface area contributed by atoms with Gasteiger partial charge in [-0.25, -0.2) is 0 Å². The van der Waals surface area contributed by atoms with Gasteiger partial charge in [0.05, 0.1) is 37.4 Å². The maximum atomic E-state index is 6.91. The standard InChI is InChI=1S/C33H57O3P/c1-19-10-13-22-25(31(22,4)5)28(19)34-16-37(17-35-29-20(2)11-14-23-26(29)32(23,6)7)18-36-30-21(3)12-15-24-27(30)33(24,8)9/h19-30H,10-18H2,1-9H3. The third-order valence-electron chi connectivity index (χ3n) is 13.3. The number of rotatable bonds is 9. The fourth-order valence-electron chi connectivity index (χ4n) is 10.3. The lowest BCUT2D eigenvalue weighted by Gasteiger charge is -2.34. The third-order valence-corrected chi connectivity index (χ3v) is 14.9. The van der Waals surface area contributed by atoms with Gasteiger partial charge in [-0.15, -0.1) is 0 Å². The Hall–Kier alpha value is 0.310. The minimum atomic E-state index is -0.453. The van der Waals surface area contributed by atoms with E-state index in [9.17, 15) is 0 Å². The van der Waals surface area contributed by atoms with Crippen molar-refractivity contribution in [2.45, 2.75) is 119 Å². The quantitative estimate of drug-likeness (QED) is 0.278. The summed E-state index contributed by atoms with van der Waals surface area (Å²) in [5.41, 5.74) is 1.41. The van der Waals surface area contributed by atoms with E-state index in [2.05, 4.69) is 62.3 Å². The van der Waals surface area contributed by atoms with Crippen LogP contribution < -0.4 is 0 Å². The van der Waals surface area contributed by atoms with Gasteiger partial charge in [-0.05, 0) is 116 Å². The molecule has 6 rings (SSSR count). The van der Waals surface area contributed by atoms with Crippen molar-refractivity contribution in [2.75, 3.05) is 19.0 Å². The molecular weight excluding hydrogens is 475 g/mol. The topological polar surface area (TPSA) is 27.7 Å². The molecule has 0 heterocycles. The molecule has 0 aromatic rings. The summed E-state index contributed by atoms with van der Waals surface area (Å²) in [6.45, 7) is 22.1. The van der Waals surface area contributed by atoms with Gasteiger partial charge in [0.1, 0.15) is 0 Å². The zero-order chi connectivity index (χ0) is 26.5. The first-order valence-corrected chi connectivity index (χ1v) is 17.8. The normalized spacial score (nSPS) is 50.8. The van der Waals surface area contributed by atoms with Gasteiger partial charge in [0, 0.05) is 0 Å². The molecule has 12 atom stereocenters. The zero-order valence-electron chi connectivity index (χ0n) is 25.5. The second-order valence-electron chi connectivity index (χ2n) is 16.5. The third kappa shape index (κ3) is 4.61. The van der Waals surface area contributed by atoms with Crippen molar-refractivity contribution in [1.29, 1.82) is 0 Å². The van der Waals surface area contributed by atoms with E-state index in [0.29, 0.717) is 52.3 Å². The van der Waals surface area contributed by atoms with Gasteiger partial charge in [0.15, 0.2) is 0 Å². The van der Waals surface area contributed by atoms with Crippen molar-refractivity contribution in [3.8, 4) is 0 Å². The predicted octanol–water partition coefficient (Wildman–Crippen LogP) is 8.60. The van der Waals surface area contributed by atoms with E-state index in [0.717, 1.165) is 54.6 Å². The Balaban J connectivity index is 1.11. The van der Waals surface area contributed by atoms with Crippen LogP contribution in [0.2, 0.25) is 0 Å². The van der Waals surface area contributed by atoms with Crippen molar-refractivity contribution in [2.24, 2.45) is 69.5 Å². The Morgan fingerprint density at radius 3 is 1.03 bits per heavy atom. The van der Waals surface area contributed by atoms with Crippen molar-refractivity contribution in [1.82, 2.24) is 0 Å². The van der Waals surface area contributed by atoms with Crippen LogP contribution in [-0.2, 0) is 14.2 Å². The lowest BCUT2D eigenvalue weighted by Crippen LogP contribution is -2.32. The van der Waals surface area contributed by atoms with Crippen molar-refractivity contribution in [3.05, 3.63) is 0 Å². The first-order valence-electron chi connectivity index (χ1n) is 15.9. The molecule has 37 heavy (non-hydrogen) atoms. The number of ether oxygens (including phenoxy) is 3. The Morgan fingerprint density at radius 2 is 0.757 bits per heavy atom. The molecule has 0 radical (unpaired) electrons. The molecule has 6 aliphatic carbocycles. The van der Waals surface area contributed by atoms with Crippen LogP contribution >= 0.6 is 7.92 Å². The molecule has 0 spiro atoms. The summed E-state index contributed by atoms with van der Waals surface area (Å²) in [7, 11) is -0.453. The monoisotopic (exact) mass is 532 g/mol. The van der Waals surface area contributed by atoms with Gasteiger partial charge in [-0.1, -0.05) is 62.3 Å². The van der Waals surface area contributed by atoms with Crippen LogP contribution in [-0.4, -0.2) is 37.4 Å². The smallest absolute Gasteiger partial charge is 0.0707 e. The van der Waals surface area contributed by atoms with Crippen LogP contribution in [0.1, 0.15) is 101 Å². The molecule has 0 bridgehead atoms. The fourth-order valence-corrected chi connectivity index (χ4v) is 11.7. The number of hydrogen-bond acceptors (Lipinski definition) is 3. The fraction of sp³-hybridized carbons (Fsp3) is 1.00. The second-order valence-corrected chi connectivity index (χ2v) is 18.6. The van der Waals surface area contributed by atoms with E-state index in [4.69, 9.17) is 14.2 Å². The lowest BCUT2D eigenvalue weighted by atomic mass is 9.88. The zero-order valence-corrected chi connectivity index (χ0v) is 26.4. The van der Waals surface area contributed by atoms with Crippen LogP contribution in [0.15, 0.2) is 0 Å². The van der Waals surface area contributed by atoms with Crippen molar-refractivity contribution >= 4 is 7.92 Å². The molecule has 6 saturated carbocycles. The van der Waals surface area contributed by atoms with E-state index in [1.165, 1.54) is 38.5 Å². The van der Waals surface area contributed by atoms with Crippen LogP contribution in [0.25, 0.3) is 0 Å². The highest BCUT2D eigenvalue weighted by Crippen LogP contribution is 2.69. The summed E-state index contributed by atoms with van der Waals surface area (Å²) >= 11 is 0. The van der Waals surface area contributed by atoms with E-state index >= 15 is 0 Å². The van der Waals surface area contributed by atoms with Gasteiger partial charge in [0.2, 0.25) is 0 Å². The van der Waals surface area contributed by atoms with Gasteiger partial charge >= 0.3 is 0 Å². The summed E-state index contributed by atoms with van der Waals surface area (Å²) in [5.74, 6) is 6.94. The van der Waals surface area contributed by atoms with Crippen LogP contribution in [0.5, 0.6) is 0 Å². The Bertz CT molecular complexity index is 743. The SMILES string of the molecule is CC1CCC2C(C1OCP(COC1C(C)CCC3C1C3(C)C)COC1C(C)CCC3C1C3(C)C)C2(C)C. The van der Waals surface area contributed by atoms with Crippen molar-refractivity contribution < 1.29 is 14.2 Å². The molecular formula is C33H57O3P. The summed E-state index contributed by atoms with van der Waals surface area (Å²) in [6, 6.07) is 0. The molecule has 212 valence electrons. The summed E-state index contributed by atoms with van der Waals surface area (Å²) < 4.78 is 20.7.